The highest BCUT2D eigenvalue weighted by atomic mass is 16.4. The summed E-state index contributed by atoms with van der Waals surface area (Å²) in [5.41, 5.74) is 11.9. The minimum Gasteiger partial charge on any atom is -0.481 e. The van der Waals surface area contributed by atoms with Crippen molar-refractivity contribution in [2.75, 3.05) is 26.7 Å². The van der Waals surface area contributed by atoms with Gasteiger partial charge in [0.15, 0.2) is 0 Å². The summed E-state index contributed by atoms with van der Waals surface area (Å²) in [4.78, 5) is 72.5. The first kappa shape index (κ1) is 46.7. The molecule has 0 aromatic heterocycles. The van der Waals surface area contributed by atoms with Gasteiger partial charge in [-0.1, -0.05) is 64.2 Å². The van der Waals surface area contributed by atoms with E-state index in [1.165, 1.54) is 19.3 Å². The Morgan fingerprint density at radius 2 is 1.06 bits per heavy atom. The molecular weight excluding hydrogens is 644 g/mol. The van der Waals surface area contributed by atoms with E-state index in [1.807, 2.05) is 6.92 Å². The minimum atomic E-state index is -1.17. The zero-order valence-electron chi connectivity index (χ0n) is 30.9. The number of carboxylic acids is 2. The van der Waals surface area contributed by atoms with Crippen molar-refractivity contribution in [3.8, 4) is 0 Å². The number of carbonyl (C=O) groups excluding carboxylic acids is 4. The number of hydrogen-bond acceptors (Lipinski definition) is 8. The molecule has 0 fully saturated rings. The predicted molar refractivity (Wildman–Crippen MR) is 194 cm³/mol. The van der Waals surface area contributed by atoms with Gasteiger partial charge in [0, 0.05) is 45.9 Å². The van der Waals surface area contributed by atoms with Crippen LogP contribution < -0.4 is 27.4 Å². The van der Waals surface area contributed by atoms with Crippen LogP contribution in [-0.2, 0) is 28.8 Å². The van der Waals surface area contributed by atoms with E-state index < -0.39 is 30.1 Å². The molecule has 0 aromatic rings. The zero-order valence-corrected chi connectivity index (χ0v) is 30.9. The van der Waals surface area contributed by atoms with E-state index in [4.69, 9.17) is 16.6 Å². The Labute approximate surface area is 299 Å². The number of carbonyl (C=O) groups is 6. The van der Waals surface area contributed by atoms with Crippen molar-refractivity contribution in [2.24, 2.45) is 11.5 Å². The molecule has 0 radical (unpaired) electrons. The van der Waals surface area contributed by atoms with Gasteiger partial charge in [-0.05, 0) is 64.7 Å². The van der Waals surface area contributed by atoms with Gasteiger partial charge in [0.25, 0.3) is 0 Å². The second-order valence-electron chi connectivity index (χ2n) is 13.3. The Morgan fingerprint density at radius 3 is 1.56 bits per heavy atom. The number of unbranched alkanes of at least 4 members (excludes halogenated alkanes) is 13. The predicted octanol–water partition coefficient (Wildman–Crippen LogP) is 3.59. The number of carboxylic acid groups (broad SMARTS) is 2. The monoisotopic (exact) mass is 713 g/mol. The van der Waals surface area contributed by atoms with Crippen LogP contribution in [0.3, 0.4) is 0 Å². The summed E-state index contributed by atoms with van der Waals surface area (Å²) in [6.45, 7) is 3.32. The first-order valence-electron chi connectivity index (χ1n) is 18.9. The third-order valence-electron chi connectivity index (χ3n) is 8.85. The molecule has 0 aliphatic carbocycles. The number of rotatable bonds is 33. The van der Waals surface area contributed by atoms with Crippen LogP contribution in [0.25, 0.3) is 0 Å². The van der Waals surface area contributed by atoms with Crippen molar-refractivity contribution in [3.05, 3.63) is 0 Å². The molecule has 14 nitrogen and oxygen atoms in total. The maximum Gasteiger partial charge on any atom is 0.326 e. The molecule has 50 heavy (non-hydrogen) atoms. The van der Waals surface area contributed by atoms with Gasteiger partial charge in [-0.3, -0.25) is 24.0 Å². The van der Waals surface area contributed by atoms with Crippen LogP contribution in [0.4, 0.5) is 0 Å². The van der Waals surface area contributed by atoms with E-state index >= 15 is 0 Å². The molecule has 0 bridgehead atoms. The summed E-state index contributed by atoms with van der Waals surface area (Å²) < 4.78 is 0. The molecule has 14 heteroatoms. The molecule has 0 aromatic carbocycles. The molecule has 2 unspecified atom stereocenters. The normalized spacial score (nSPS) is 12.8. The van der Waals surface area contributed by atoms with Crippen molar-refractivity contribution in [1.82, 2.24) is 20.9 Å². The van der Waals surface area contributed by atoms with E-state index in [1.54, 1.807) is 11.9 Å². The molecule has 0 aliphatic rings. The first-order chi connectivity index (χ1) is 23.9. The van der Waals surface area contributed by atoms with Crippen molar-refractivity contribution in [1.29, 1.82) is 0 Å². The van der Waals surface area contributed by atoms with Crippen molar-refractivity contribution >= 4 is 35.6 Å². The number of nitrogens with two attached hydrogens (primary N) is 2. The topological polar surface area (TPSA) is 234 Å². The highest BCUT2D eigenvalue weighted by molar-refractivity contribution is 5.84. The average Bonchev–Trinajstić information content (AvgIpc) is 3.08. The maximum atomic E-state index is 12.3. The van der Waals surface area contributed by atoms with E-state index in [0.717, 1.165) is 51.4 Å². The number of hydrogen-bond donors (Lipinski definition) is 7. The van der Waals surface area contributed by atoms with E-state index in [2.05, 4.69) is 16.0 Å². The van der Waals surface area contributed by atoms with Crippen molar-refractivity contribution in [3.63, 3.8) is 0 Å². The number of amides is 4. The zero-order chi connectivity index (χ0) is 37.6. The van der Waals surface area contributed by atoms with E-state index in [0.29, 0.717) is 64.6 Å². The van der Waals surface area contributed by atoms with Gasteiger partial charge in [0.1, 0.15) is 6.04 Å². The van der Waals surface area contributed by atoms with Gasteiger partial charge < -0.3 is 42.5 Å². The highest BCUT2D eigenvalue weighted by Crippen LogP contribution is 2.13. The number of nitrogens with zero attached hydrogens (tertiary/aromatic N) is 1. The van der Waals surface area contributed by atoms with E-state index in [-0.39, 0.29) is 49.3 Å². The highest BCUT2D eigenvalue weighted by Gasteiger charge is 2.21. The first-order valence-corrected chi connectivity index (χ1v) is 18.9. The Balaban J connectivity index is 3.89. The average molecular weight is 713 g/mol. The number of nitrogens with one attached hydrogen (secondary N) is 3. The Bertz CT molecular complexity index is 982. The third kappa shape index (κ3) is 26.6. The molecule has 290 valence electrons. The largest absolute Gasteiger partial charge is 0.481 e. The van der Waals surface area contributed by atoms with Crippen LogP contribution in [0, 0.1) is 0 Å². The molecule has 0 saturated heterocycles. The summed E-state index contributed by atoms with van der Waals surface area (Å²) in [5, 5.41) is 26.2. The molecule has 9 N–H and O–H groups in total. The van der Waals surface area contributed by atoms with Gasteiger partial charge in [0.05, 0.1) is 12.1 Å². The fourth-order valence-corrected chi connectivity index (χ4v) is 5.46. The fourth-order valence-electron chi connectivity index (χ4n) is 5.46. The molecule has 4 amide bonds. The van der Waals surface area contributed by atoms with Crippen LogP contribution in [-0.4, -0.2) is 95.5 Å². The summed E-state index contributed by atoms with van der Waals surface area (Å²) >= 11 is 0. The summed E-state index contributed by atoms with van der Waals surface area (Å²) in [6, 6.07) is -2.32. The number of aliphatic carboxylic acids is 2. The van der Waals surface area contributed by atoms with Crippen LogP contribution in [0.15, 0.2) is 0 Å². The van der Waals surface area contributed by atoms with Crippen LogP contribution in [0.2, 0.25) is 0 Å². The SMILES string of the molecule is CCN(C)C(=O)[C@H](N)CCCCNC(=O)C(N)CCCCNC(=O)CCC(NC(=O)CCCCCCCCCCCCCCC(=O)O)C(=O)O. The lowest BCUT2D eigenvalue weighted by Crippen LogP contribution is -2.42. The molecule has 0 spiro atoms. The molecule has 0 aliphatic heterocycles. The fraction of sp³-hybridized carbons (Fsp3) is 0.833. The molecule has 3 atom stereocenters. The van der Waals surface area contributed by atoms with Gasteiger partial charge >= 0.3 is 11.9 Å². The van der Waals surface area contributed by atoms with E-state index in [9.17, 15) is 33.9 Å². The lowest BCUT2D eigenvalue weighted by atomic mass is 10.0. The molecule has 0 heterocycles. The minimum absolute atomic E-state index is 0.00167. The molecule has 0 rings (SSSR count). The van der Waals surface area contributed by atoms with Crippen LogP contribution in [0.1, 0.15) is 148 Å². The lowest BCUT2D eigenvalue weighted by Gasteiger charge is -2.19. The maximum absolute atomic E-state index is 12.3. The van der Waals surface area contributed by atoms with Gasteiger partial charge in [0.2, 0.25) is 23.6 Å². The summed E-state index contributed by atoms with van der Waals surface area (Å²) in [5.74, 6) is -2.85. The molecular formula is C36H68N6O8. The van der Waals surface area contributed by atoms with Crippen molar-refractivity contribution < 1.29 is 39.0 Å². The van der Waals surface area contributed by atoms with Crippen molar-refractivity contribution in [2.45, 2.75) is 166 Å². The smallest absolute Gasteiger partial charge is 0.326 e. The second kappa shape index (κ2) is 30.6. The Hall–Kier alpha value is -3.26. The Morgan fingerprint density at radius 1 is 0.580 bits per heavy atom. The quantitative estimate of drug-likeness (QED) is 0.0489. The second-order valence-corrected chi connectivity index (χ2v) is 13.3. The van der Waals surface area contributed by atoms with Gasteiger partial charge in [-0.15, -0.1) is 0 Å². The van der Waals surface area contributed by atoms with Gasteiger partial charge in [-0.2, -0.15) is 0 Å². The van der Waals surface area contributed by atoms with Crippen LogP contribution >= 0.6 is 0 Å². The summed E-state index contributed by atoms with van der Waals surface area (Å²) in [6.07, 6.45) is 16.5. The van der Waals surface area contributed by atoms with Gasteiger partial charge in [-0.25, -0.2) is 4.79 Å². The Kier molecular flexibility index (Phi) is 28.6. The summed E-state index contributed by atoms with van der Waals surface area (Å²) in [7, 11) is 1.72. The number of likely N-dealkylation sites (N-methyl/N-ethyl adjacent to an activating group) is 1. The lowest BCUT2D eigenvalue weighted by molar-refractivity contribution is -0.142. The third-order valence-corrected chi connectivity index (χ3v) is 8.85. The standard InChI is InChI=1S/C36H68N6O8/c1-3-42(2)35(48)29(38)21-17-19-27-40-34(47)28(37)20-16-18-26-39-31(43)25-24-30(36(49)50)41-32(44)22-14-12-10-8-6-4-5-7-9-11-13-15-23-33(45)46/h28-30H,3-27,37-38H2,1-2H3,(H,39,43)(H,40,47)(H,41,44)(H,45,46)(H,49,50)/t28?,29-,30?/m1/s1. The molecule has 0 saturated carbocycles. The van der Waals surface area contributed by atoms with Crippen LogP contribution in [0.5, 0.6) is 0 Å².